The molecule has 1 aliphatic carbocycles. The molecule has 1 saturated carbocycles. The fraction of sp³-hybridized carbons (Fsp3) is 0.520. The lowest BCUT2D eigenvalue weighted by Crippen LogP contribution is -2.41. The summed E-state index contributed by atoms with van der Waals surface area (Å²) in [6, 6.07) is 0. The second kappa shape index (κ2) is 9.45. The van der Waals surface area contributed by atoms with E-state index < -0.39 is 5.60 Å². The van der Waals surface area contributed by atoms with Crippen LogP contribution in [0.4, 0.5) is 9.93 Å². The number of anilines is 1. The molecule has 0 spiro atoms. The van der Waals surface area contributed by atoms with Crippen molar-refractivity contribution in [3.05, 3.63) is 23.2 Å². The molecular weight excluding hydrogens is 524 g/mol. The number of aromatic amines is 1. The Bertz CT molecular complexity index is 1500. The van der Waals surface area contributed by atoms with E-state index in [2.05, 4.69) is 25.5 Å². The normalized spacial score (nSPS) is 16.8. The first kappa shape index (κ1) is 25.0. The molecule has 0 atom stereocenters. The first-order valence-electron chi connectivity index (χ1n) is 12.8. The molecule has 4 aromatic rings. The zero-order chi connectivity index (χ0) is 26.6. The van der Waals surface area contributed by atoms with Crippen LogP contribution in [0.3, 0.4) is 0 Å². The number of amides is 2. The number of aromatic nitrogens is 6. The van der Waals surface area contributed by atoms with Crippen LogP contribution in [0.25, 0.3) is 26.7 Å². The summed E-state index contributed by atoms with van der Waals surface area (Å²) in [5, 5.41) is 12.1. The number of piperidine rings is 1. The van der Waals surface area contributed by atoms with E-state index in [4.69, 9.17) is 9.72 Å². The Kier molecular flexibility index (Phi) is 6.22. The van der Waals surface area contributed by atoms with E-state index in [1.807, 2.05) is 38.5 Å². The van der Waals surface area contributed by atoms with Crippen molar-refractivity contribution in [2.24, 2.45) is 5.92 Å². The molecule has 2 amide bonds. The van der Waals surface area contributed by atoms with Crippen LogP contribution >= 0.6 is 22.7 Å². The molecule has 0 bridgehead atoms. The van der Waals surface area contributed by atoms with E-state index in [0.717, 1.165) is 51.7 Å². The average Bonchev–Trinajstić information content (AvgIpc) is 3.14. The van der Waals surface area contributed by atoms with Crippen LogP contribution in [0.1, 0.15) is 63.1 Å². The van der Waals surface area contributed by atoms with Crippen LogP contribution in [-0.4, -0.2) is 65.3 Å². The molecule has 4 aromatic heterocycles. The Morgan fingerprint density at radius 3 is 2.61 bits per heavy atom. The Hall–Kier alpha value is -3.32. The first-order valence-corrected chi connectivity index (χ1v) is 14.4. The first-order chi connectivity index (χ1) is 18.2. The Labute approximate surface area is 227 Å². The van der Waals surface area contributed by atoms with Crippen LogP contribution in [0.2, 0.25) is 0 Å². The van der Waals surface area contributed by atoms with Gasteiger partial charge in [0.25, 0.3) is 0 Å². The van der Waals surface area contributed by atoms with E-state index in [-0.39, 0.29) is 17.9 Å². The van der Waals surface area contributed by atoms with Crippen molar-refractivity contribution in [1.29, 1.82) is 0 Å². The molecule has 13 heteroatoms. The predicted octanol–water partition coefficient (Wildman–Crippen LogP) is 5.10. The third-order valence-corrected chi connectivity index (χ3v) is 8.99. The second-order valence-corrected chi connectivity index (χ2v) is 12.9. The van der Waals surface area contributed by atoms with Crippen molar-refractivity contribution in [2.75, 3.05) is 18.4 Å². The number of fused-ring (bicyclic) bond motifs is 1. The van der Waals surface area contributed by atoms with Gasteiger partial charge in [-0.1, -0.05) is 11.3 Å². The van der Waals surface area contributed by atoms with E-state index in [9.17, 15) is 9.59 Å². The maximum absolute atomic E-state index is 12.4. The minimum absolute atomic E-state index is 0.0315. The van der Waals surface area contributed by atoms with Crippen LogP contribution < -0.4 is 5.32 Å². The fourth-order valence-electron chi connectivity index (χ4n) is 4.57. The molecule has 38 heavy (non-hydrogen) atoms. The Morgan fingerprint density at radius 2 is 1.89 bits per heavy atom. The van der Waals surface area contributed by atoms with Gasteiger partial charge in [-0.15, -0.1) is 11.3 Å². The fourth-order valence-corrected chi connectivity index (χ4v) is 6.72. The third kappa shape index (κ3) is 4.92. The van der Waals surface area contributed by atoms with Crippen LogP contribution in [0.5, 0.6) is 0 Å². The maximum atomic E-state index is 12.4. The SMILES string of the molecule is Cc1nc(C2CCN(C(=O)OC(C)(C)C)CC2)sc1-c1cncn1-c1n[nH]c2nc(NC(=O)C3CC3)sc12. The average molecular weight is 555 g/mol. The quantitative estimate of drug-likeness (QED) is 0.351. The summed E-state index contributed by atoms with van der Waals surface area (Å²) in [6.07, 6.45) is 6.90. The standard InChI is InChI=1S/C25H30N8O3S2/c1-13-17(37-22(27-13)15-7-9-32(10-8-15)24(35)36-25(2,3)4)16-11-26-12-33(16)20-18-19(30-31-20)28-23(38-18)29-21(34)14-5-6-14/h11-12,14-15H,5-10H2,1-4H3,(H2,28,29,30,31,34). The van der Waals surface area contributed by atoms with Crippen LogP contribution in [0.15, 0.2) is 12.5 Å². The number of rotatable bonds is 5. The van der Waals surface area contributed by atoms with Gasteiger partial charge in [0.05, 0.1) is 27.5 Å². The number of ether oxygens (including phenoxy) is 1. The number of carbonyl (C=O) groups is 2. The van der Waals surface area contributed by atoms with Crippen LogP contribution in [0, 0.1) is 12.8 Å². The molecule has 6 rings (SSSR count). The van der Waals surface area contributed by atoms with Gasteiger partial charge in [0.1, 0.15) is 16.6 Å². The van der Waals surface area contributed by atoms with Gasteiger partial charge in [-0.3, -0.25) is 14.5 Å². The number of likely N-dealkylation sites (tertiary alicyclic amines) is 1. The molecule has 11 nitrogen and oxygen atoms in total. The van der Waals surface area contributed by atoms with E-state index in [1.54, 1.807) is 22.6 Å². The van der Waals surface area contributed by atoms with Gasteiger partial charge >= 0.3 is 6.09 Å². The summed E-state index contributed by atoms with van der Waals surface area (Å²) in [6.45, 7) is 8.98. The van der Waals surface area contributed by atoms with Gasteiger partial charge in [0.2, 0.25) is 5.91 Å². The summed E-state index contributed by atoms with van der Waals surface area (Å²) in [5.41, 5.74) is 1.98. The number of H-pyrrole nitrogens is 1. The summed E-state index contributed by atoms with van der Waals surface area (Å²) >= 11 is 3.07. The van der Waals surface area contributed by atoms with Gasteiger partial charge in [-0.2, -0.15) is 5.10 Å². The molecule has 0 aromatic carbocycles. The highest BCUT2D eigenvalue weighted by atomic mass is 32.1. The minimum atomic E-state index is -0.497. The summed E-state index contributed by atoms with van der Waals surface area (Å²) in [7, 11) is 0. The number of thiazole rings is 2. The zero-order valence-corrected chi connectivity index (χ0v) is 23.4. The lowest BCUT2D eigenvalue weighted by Gasteiger charge is -2.32. The van der Waals surface area contributed by atoms with E-state index in [0.29, 0.717) is 35.6 Å². The molecule has 2 aliphatic rings. The smallest absolute Gasteiger partial charge is 0.410 e. The van der Waals surface area contributed by atoms with E-state index >= 15 is 0 Å². The van der Waals surface area contributed by atoms with Gasteiger partial charge in [-0.05, 0) is 53.4 Å². The largest absolute Gasteiger partial charge is 0.444 e. The molecule has 0 unspecified atom stereocenters. The number of nitrogens with one attached hydrogen (secondary N) is 2. The number of hydrogen-bond donors (Lipinski definition) is 2. The van der Waals surface area contributed by atoms with Crippen molar-refractivity contribution in [3.8, 4) is 16.4 Å². The number of imidazole rings is 1. The molecule has 1 aliphatic heterocycles. The summed E-state index contributed by atoms with van der Waals surface area (Å²) < 4.78 is 8.33. The second-order valence-electron chi connectivity index (χ2n) is 10.9. The van der Waals surface area contributed by atoms with Gasteiger partial charge in [0, 0.05) is 24.9 Å². The number of carbonyl (C=O) groups excluding carboxylic acids is 2. The van der Waals surface area contributed by atoms with Crippen molar-refractivity contribution in [1.82, 2.24) is 34.6 Å². The molecule has 5 heterocycles. The molecule has 2 N–H and O–H groups in total. The van der Waals surface area contributed by atoms with Crippen molar-refractivity contribution in [2.45, 2.75) is 64.9 Å². The molecule has 1 saturated heterocycles. The van der Waals surface area contributed by atoms with Crippen molar-refractivity contribution >= 4 is 50.2 Å². The lowest BCUT2D eigenvalue weighted by molar-refractivity contribution is -0.117. The highest BCUT2D eigenvalue weighted by molar-refractivity contribution is 7.22. The Balaban J connectivity index is 1.20. The highest BCUT2D eigenvalue weighted by Gasteiger charge is 2.31. The molecular formula is C25H30N8O3S2. The Morgan fingerprint density at radius 1 is 1.13 bits per heavy atom. The number of nitrogens with zero attached hydrogens (tertiary/aromatic N) is 6. The van der Waals surface area contributed by atoms with E-state index in [1.165, 1.54) is 11.3 Å². The molecule has 2 fully saturated rings. The number of aryl methyl sites for hydroxylation is 1. The van der Waals surface area contributed by atoms with Crippen molar-refractivity contribution < 1.29 is 14.3 Å². The predicted molar refractivity (Wildman–Crippen MR) is 146 cm³/mol. The molecule has 0 radical (unpaired) electrons. The van der Waals surface area contributed by atoms with Crippen molar-refractivity contribution in [3.63, 3.8) is 0 Å². The highest BCUT2D eigenvalue weighted by Crippen LogP contribution is 2.39. The topological polar surface area (TPSA) is 131 Å². The monoisotopic (exact) mass is 554 g/mol. The third-order valence-electron chi connectivity index (χ3n) is 6.68. The van der Waals surface area contributed by atoms with Crippen LogP contribution in [-0.2, 0) is 9.53 Å². The van der Waals surface area contributed by atoms with Gasteiger partial charge in [-0.25, -0.2) is 19.7 Å². The minimum Gasteiger partial charge on any atom is -0.444 e. The lowest BCUT2D eigenvalue weighted by atomic mass is 9.98. The number of hydrogen-bond acceptors (Lipinski definition) is 9. The van der Waals surface area contributed by atoms with Gasteiger partial charge in [0.15, 0.2) is 16.6 Å². The zero-order valence-electron chi connectivity index (χ0n) is 21.8. The molecule has 200 valence electrons. The summed E-state index contributed by atoms with van der Waals surface area (Å²) in [5.74, 6) is 1.13. The maximum Gasteiger partial charge on any atom is 0.410 e. The summed E-state index contributed by atoms with van der Waals surface area (Å²) in [4.78, 5) is 41.3. The van der Waals surface area contributed by atoms with Gasteiger partial charge < -0.3 is 15.0 Å².